The third kappa shape index (κ3) is 4.05. The lowest BCUT2D eigenvalue weighted by Crippen LogP contribution is -2.32. The van der Waals surface area contributed by atoms with Crippen LogP contribution in [0.3, 0.4) is 0 Å². The van der Waals surface area contributed by atoms with Gasteiger partial charge in [0.15, 0.2) is 0 Å². The van der Waals surface area contributed by atoms with E-state index in [4.69, 9.17) is 0 Å². The van der Waals surface area contributed by atoms with Crippen LogP contribution in [0, 0.1) is 5.92 Å². The molecule has 0 bridgehead atoms. The largest absolute Gasteiger partial charge is 0.338 e. The Morgan fingerprint density at radius 2 is 2.25 bits per heavy atom. The van der Waals surface area contributed by atoms with Crippen molar-refractivity contribution >= 4 is 5.91 Å². The van der Waals surface area contributed by atoms with Gasteiger partial charge in [-0.15, -0.1) is 0 Å². The zero-order valence-corrected chi connectivity index (χ0v) is 10.3. The summed E-state index contributed by atoms with van der Waals surface area (Å²) in [6.45, 7) is 9.65. The summed E-state index contributed by atoms with van der Waals surface area (Å²) < 4.78 is 0. The molecule has 16 heavy (non-hydrogen) atoms. The van der Waals surface area contributed by atoms with Gasteiger partial charge in [-0.25, -0.2) is 0 Å². The summed E-state index contributed by atoms with van der Waals surface area (Å²) >= 11 is 0. The maximum atomic E-state index is 11.9. The van der Waals surface area contributed by atoms with E-state index in [0.717, 1.165) is 18.5 Å². The Bertz CT molecular complexity index is 315. The molecular weight excluding hydrogens is 198 g/mol. The molecule has 1 rings (SSSR count). The van der Waals surface area contributed by atoms with Crippen LogP contribution < -0.4 is 0 Å². The lowest BCUT2D eigenvalue weighted by Gasteiger charge is -2.22. The molecule has 1 aliphatic heterocycles. The Morgan fingerprint density at radius 3 is 2.94 bits per heavy atom. The van der Waals surface area contributed by atoms with Crippen molar-refractivity contribution in [2.24, 2.45) is 5.92 Å². The Hall–Kier alpha value is -1.31. The lowest BCUT2D eigenvalue weighted by molar-refractivity contribution is -0.129. The first-order valence-electron chi connectivity index (χ1n) is 5.94. The fraction of sp³-hybridized carbons (Fsp3) is 0.500. The quantitative estimate of drug-likeness (QED) is 0.654. The minimum Gasteiger partial charge on any atom is -0.338 e. The molecule has 0 aromatic carbocycles. The first-order chi connectivity index (χ1) is 7.63. The molecule has 0 saturated carbocycles. The molecule has 88 valence electrons. The zero-order valence-electron chi connectivity index (χ0n) is 10.3. The van der Waals surface area contributed by atoms with Crippen LogP contribution in [-0.4, -0.2) is 23.9 Å². The number of rotatable bonds is 2. The van der Waals surface area contributed by atoms with Crippen LogP contribution in [0.5, 0.6) is 0 Å². The van der Waals surface area contributed by atoms with Crippen LogP contribution >= 0.6 is 0 Å². The summed E-state index contributed by atoms with van der Waals surface area (Å²) in [5.74, 6) is 0.573. The molecule has 0 aromatic rings. The molecule has 1 amide bonds. The second-order valence-corrected chi connectivity index (χ2v) is 4.32. The number of hydrogen-bond acceptors (Lipinski definition) is 1. The van der Waals surface area contributed by atoms with Crippen molar-refractivity contribution in [3.63, 3.8) is 0 Å². The second-order valence-electron chi connectivity index (χ2n) is 4.32. The molecule has 0 saturated heterocycles. The molecule has 0 N–H and O–H groups in total. The van der Waals surface area contributed by atoms with Crippen LogP contribution in [0.1, 0.15) is 26.7 Å². The summed E-state index contributed by atoms with van der Waals surface area (Å²) in [5.41, 5.74) is 1.00. The summed E-state index contributed by atoms with van der Waals surface area (Å²) in [5, 5.41) is 0. The zero-order chi connectivity index (χ0) is 12.0. The minimum absolute atomic E-state index is 0.196. The summed E-state index contributed by atoms with van der Waals surface area (Å²) in [4.78, 5) is 13.8. The second kappa shape index (κ2) is 6.31. The predicted octanol–water partition coefficient (Wildman–Crippen LogP) is 2.93. The third-order valence-corrected chi connectivity index (χ3v) is 2.61. The van der Waals surface area contributed by atoms with Gasteiger partial charge < -0.3 is 4.90 Å². The van der Waals surface area contributed by atoms with Crippen molar-refractivity contribution in [1.82, 2.24) is 4.90 Å². The Kier molecular flexibility index (Phi) is 5.03. The number of nitrogens with zero attached hydrogens (tertiary/aromatic N) is 1. The third-order valence-electron chi connectivity index (χ3n) is 2.61. The minimum atomic E-state index is 0.196. The average Bonchev–Trinajstić information content (AvgIpc) is 2.25. The molecule has 2 nitrogen and oxygen atoms in total. The fourth-order valence-electron chi connectivity index (χ4n) is 1.72. The van der Waals surface area contributed by atoms with Crippen molar-refractivity contribution in [3.8, 4) is 0 Å². The van der Waals surface area contributed by atoms with Gasteiger partial charge in [0.2, 0.25) is 5.91 Å². The first-order valence-corrected chi connectivity index (χ1v) is 5.94. The van der Waals surface area contributed by atoms with E-state index in [0.29, 0.717) is 18.9 Å². The first kappa shape index (κ1) is 12.8. The van der Waals surface area contributed by atoms with E-state index in [2.05, 4.69) is 32.6 Å². The number of allylic oxidation sites excluding steroid dienone is 2. The molecule has 1 aliphatic rings. The normalized spacial score (nSPS) is 26.6. The number of carbonyl (C=O) groups is 1. The van der Waals surface area contributed by atoms with Crippen molar-refractivity contribution in [2.45, 2.75) is 26.7 Å². The molecule has 1 heterocycles. The molecule has 0 fully saturated rings. The fourth-order valence-corrected chi connectivity index (χ4v) is 1.72. The van der Waals surface area contributed by atoms with Gasteiger partial charge in [0.05, 0.1) is 0 Å². The summed E-state index contributed by atoms with van der Waals surface area (Å²) in [6.07, 6.45) is 9.68. The Balaban J connectivity index is 2.77. The van der Waals surface area contributed by atoms with E-state index in [1.54, 1.807) is 0 Å². The molecular formula is C14H21NO. The number of hydrogen-bond donors (Lipinski definition) is 0. The van der Waals surface area contributed by atoms with Crippen molar-refractivity contribution < 1.29 is 4.79 Å². The van der Waals surface area contributed by atoms with Crippen molar-refractivity contribution in [2.75, 3.05) is 13.1 Å². The van der Waals surface area contributed by atoms with E-state index in [1.807, 2.05) is 17.1 Å². The Labute approximate surface area is 98.3 Å². The SMILES string of the molecule is C=C1/C=C\C(C)/C=C\CC(=O)N(CCC)C1. The summed E-state index contributed by atoms with van der Waals surface area (Å²) in [7, 11) is 0. The van der Waals surface area contributed by atoms with Crippen LogP contribution in [0.25, 0.3) is 0 Å². The van der Waals surface area contributed by atoms with Gasteiger partial charge in [0.1, 0.15) is 0 Å². The maximum Gasteiger partial charge on any atom is 0.226 e. The standard InChI is InChI=1S/C14H21NO/c1-4-10-15-11-13(3)9-8-12(2)6-5-7-14(15)16/h5-6,8-9,12H,3-4,7,10-11H2,1-2H3/b6-5-,9-8-. The molecule has 2 heteroatoms. The highest BCUT2D eigenvalue weighted by Gasteiger charge is 2.12. The van der Waals surface area contributed by atoms with E-state index in [1.165, 1.54) is 0 Å². The van der Waals surface area contributed by atoms with Gasteiger partial charge in [0.25, 0.3) is 0 Å². The predicted molar refractivity (Wildman–Crippen MR) is 68.1 cm³/mol. The molecule has 0 spiro atoms. The average molecular weight is 219 g/mol. The molecule has 0 radical (unpaired) electrons. The monoisotopic (exact) mass is 219 g/mol. The lowest BCUT2D eigenvalue weighted by atomic mass is 10.1. The number of amides is 1. The molecule has 1 atom stereocenters. The highest BCUT2D eigenvalue weighted by Crippen LogP contribution is 2.09. The smallest absolute Gasteiger partial charge is 0.226 e. The Morgan fingerprint density at radius 1 is 1.50 bits per heavy atom. The maximum absolute atomic E-state index is 11.9. The molecule has 0 aliphatic carbocycles. The van der Waals surface area contributed by atoms with Crippen LogP contribution in [0.15, 0.2) is 36.5 Å². The van der Waals surface area contributed by atoms with E-state index < -0.39 is 0 Å². The highest BCUT2D eigenvalue weighted by atomic mass is 16.2. The topological polar surface area (TPSA) is 20.3 Å². The van der Waals surface area contributed by atoms with Crippen molar-refractivity contribution in [1.29, 1.82) is 0 Å². The van der Waals surface area contributed by atoms with Crippen LogP contribution in [0.4, 0.5) is 0 Å². The number of carbonyl (C=O) groups excluding carboxylic acids is 1. The van der Waals surface area contributed by atoms with Crippen molar-refractivity contribution in [3.05, 3.63) is 36.5 Å². The van der Waals surface area contributed by atoms with Crippen LogP contribution in [0.2, 0.25) is 0 Å². The van der Waals surface area contributed by atoms with E-state index in [9.17, 15) is 4.79 Å². The van der Waals surface area contributed by atoms with Gasteiger partial charge in [-0.3, -0.25) is 4.79 Å². The van der Waals surface area contributed by atoms with Crippen LogP contribution in [-0.2, 0) is 4.79 Å². The van der Waals surface area contributed by atoms with Gasteiger partial charge in [0, 0.05) is 19.5 Å². The van der Waals surface area contributed by atoms with Gasteiger partial charge >= 0.3 is 0 Å². The van der Waals surface area contributed by atoms with E-state index >= 15 is 0 Å². The summed E-state index contributed by atoms with van der Waals surface area (Å²) in [6, 6.07) is 0. The molecule has 0 aromatic heterocycles. The van der Waals surface area contributed by atoms with Gasteiger partial charge in [-0.05, 0) is 17.9 Å². The molecule has 1 unspecified atom stereocenters. The highest BCUT2D eigenvalue weighted by molar-refractivity contribution is 5.78. The van der Waals surface area contributed by atoms with E-state index in [-0.39, 0.29) is 5.91 Å². The van der Waals surface area contributed by atoms with Gasteiger partial charge in [-0.1, -0.05) is 44.7 Å². The van der Waals surface area contributed by atoms with Gasteiger partial charge in [-0.2, -0.15) is 0 Å².